The highest BCUT2D eigenvalue weighted by atomic mass is 16.7. The smallest absolute Gasteiger partial charge is 0.106 e. The van der Waals surface area contributed by atoms with E-state index in [1.807, 2.05) is 0 Å². The van der Waals surface area contributed by atoms with Crippen LogP contribution in [0.25, 0.3) is 0 Å². The van der Waals surface area contributed by atoms with E-state index in [1.165, 1.54) is 11.1 Å². The van der Waals surface area contributed by atoms with Gasteiger partial charge in [0, 0.05) is 25.2 Å². The first-order valence-corrected chi connectivity index (χ1v) is 10.9. The van der Waals surface area contributed by atoms with Crippen LogP contribution in [0.4, 0.5) is 0 Å². The van der Waals surface area contributed by atoms with Crippen molar-refractivity contribution in [2.24, 2.45) is 10.8 Å². The molecule has 0 amide bonds. The van der Waals surface area contributed by atoms with Crippen LogP contribution in [-0.4, -0.2) is 35.3 Å². The SMILES string of the molecule is CC(N1CCC(c2ccc(C3CCN(C(C)C(C)(C)C)O3)cc2)O1)C(C)(C)C. The lowest BCUT2D eigenvalue weighted by molar-refractivity contribution is -0.189. The average molecular weight is 389 g/mol. The molecule has 2 saturated heterocycles. The van der Waals surface area contributed by atoms with Crippen LogP contribution in [0.15, 0.2) is 24.3 Å². The Labute approximate surface area is 172 Å². The maximum atomic E-state index is 6.28. The second kappa shape index (κ2) is 8.06. The molecule has 1 aromatic carbocycles. The minimum Gasteiger partial charge on any atom is -0.291 e. The Morgan fingerprint density at radius 2 is 1.04 bits per heavy atom. The maximum absolute atomic E-state index is 6.28. The fourth-order valence-corrected chi connectivity index (χ4v) is 3.84. The molecule has 0 N–H and O–H groups in total. The molecule has 4 atom stereocenters. The van der Waals surface area contributed by atoms with Gasteiger partial charge in [-0.2, -0.15) is 10.1 Å². The van der Waals surface area contributed by atoms with E-state index in [-0.39, 0.29) is 23.0 Å². The second-order valence-electron chi connectivity index (χ2n) is 10.8. The molecule has 4 nitrogen and oxygen atoms in total. The lowest BCUT2D eigenvalue weighted by atomic mass is 9.88. The van der Waals surface area contributed by atoms with Crippen molar-refractivity contribution in [2.45, 2.75) is 92.5 Å². The third kappa shape index (κ3) is 4.79. The molecule has 0 bridgehead atoms. The number of rotatable bonds is 4. The average Bonchev–Trinajstić information content (AvgIpc) is 3.29. The van der Waals surface area contributed by atoms with E-state index in [1.54, 1.807) is 0 Å². The van der Waals surface area contributed by atoms with Gasteiger partial charge in [-0.25, -0.2) is 0 Å². The van der Waals surface area contributed by atoms with Crippen LogP contribution >= 0.6 is 0 Å². The molecule has 2 aliphatic heterocycles. The number of hydrogen-bond donors (Lipinski definition) is 0. The summed E-state index contributed by atoms with van der Waals surface area (Å²) in [5, 5.41) is 4.34. The Hall–Kier alpha value is -0.940. The second-order valence-corrected chi connectivity index (χ2v) is 10.8. The topological polar surface area (TPSA) is 24.9 Å². The van der Waals surface area contributed by atoms with Gasteiger partial charge in [-0.15, -0.1) is 0 Å². The van der Waals surface area contributed by atoms with Gasteiger partial charge in [0.25, 0.3) is 0 Å². The molecule has 0 aliphatic carbocycles. The van der Waals surface area contributed by atoms with Crippen molar-refractivity contribution in [3.05, 3.63) is 35.4 Å². The molecule has 4 unspecified atom stereocenters. The third-order valence-corrected chi connectivity index (χ3v) is 6.80. The first kappa shape index (κ1) is 21.8. The van der Waals surface area contributed by atoms with Gasteiger partial charge in [0.2, 0.25) is 0 Å². The normalized spacial score (nSPS) is 27.3. The lowest BCUT2D eigenvalue weighted by Crippen LogP contribution is -2.39. The van der Waals surface area contributed by atoms with Crippen LogP contribution in [0.1, 0.15) is 91.6 Å². The zero-order chi connectivity index (χ0) is 20.7. The first-order valence-electron chi connectivity index (χ1n) is 10.9. The van der Waals surface area contributed by atoms with E-state index in [2.05, 4.69) is 89.8 Å². The molecule has 158 valence electrons. The van der Waals surface area contributed by atoms with E-state index in [9.17, 15) is 0 Å². The zero-order valence-corrected chi connectivity index (χ0v) is 19.2. The minimum atomic E-state index is 0.167. The van der Waals surface area contributed by atoms with Crippen LogP contribution in [0, 0.1) is 10.8 Å². The number of hydrogen-bond acceptors (Lipinski definition) is 4. The molecule has 1 aromatic rings. The first-order chi connectivity index (χ1) is 13.0. The monoisotopic (exact) mass is 388 g/mol. The summed E-state index contributed by atoms with van der Waals surface area (Å²) in [5.41, 5.74) is 2.97. The molecular formula is C24H40N2O2. The van der Waals surface area contributed by atoms with Crippen LogP contribution in [0.2, 0.25) is 0 Å². The Bertz CT molecular complexity index is 587. The van der Waals surface area contributed by atoms with Gasteiger partial charge in [-0.3, -0.25) is 9.68 Å². The summed E-state index contributed by atoms with van der Waals surface area (Å²) < 4.78 is 0. The van der Waals surface area contributed by atoms with Crippen LogP contribution in [0.3, 0.4) is 0 Å². The summed E-state index contributed by atoms with van der Waals surface area (Å²) in [4.78, 5) is 12.6. The Kier molecular flexibility index (Phi) is 6.26. The quantitative estimate of drug-likeness (QED) is 0.640. The maximum Gasteiger partial charge on any atom is 0.106 e. The highest BCUT2D eigenvalue weighted by molar-refractivity contribution is 5.26. The van der Waals surface area contributed by atoms with E-state index < -0.39 is 0 Å². The Balaban J connectivity index is 1.59. The summed E-state index contributed by atoms with van der Waals surface area (Å²) in [6.45, 7) is 20.1. The van der Waals surface area contributed by atoms with Crippen molar-refractivity contribution < 1.29 is 9.68 Å². The highest BCUT2D eigenvalue weighted by Crippen LogP contribution is 2.37. The van der Waals surface area contributed by atoms with Crippen molar-refractivity contribution in [1.82, 2.24) is 10.1 Å². The zero-order valence-electron chi connectivity index (χ0n) is 19.2. The molecule has 0 radical (unpaired) electrons. The van der Waals surface area contributed by atoms with E-state index in [0.717, 1.165) is 25.9 Å². The molecule has 0 spiro atoms. The van der Waals surface area contributed by atoms with Gasteiger partial charge in [-0.1, -0.05) is 65.8 Å². The van der Waals surface area contributed by atoms with Gasteiger partial charge in [0.1, 0.15) is 12.2 Å². The van der Waals surface area contributed by atoms with Crippen molar-refractivity contribution in [3.8, 4) is 0 Å². The molecular weight excluding hydrogens is 348 g/mol. The number of hydroxylamine groups is 4. The van der Waals surface area contributed by atoms with Crippen LogP contribution in [-0.2, 0) is 9.68 Å². The van der Waals surface area contributed by atoms with Crippen molar-refractivity contribution in [2.75, 3.05) is 13.1 Å². The summed E-state index contributed by atoms with van der Waals surface area (Å²) in [6.07, 6.45) is 2.44. The predicted octanol–water partition coefficient (Wildman–Crippen LogP) is 5.91. The fraction of sp³-hybridized carbons (Fsp3) is 0.750. The number of nitrogens with zero attached hydrogens (tertiary/aromatic N) is 2. The molecule has 0 saturated carbocycles. The van der Waals surface area contributed by atoms with Crippen molar-refractivity contribution >= 4 is 0 Å². The van der Waals surface area contributed by atoms with E-state index in [0.29, 0.717) is 12.1 Å². The van der Waals surface area contributed by atoms with Crippen molar-refractivity contribution in [1.29, 1.82) is 0 Å². The van der Waals surface area contributed by atoms with Crippen LogP contribution in [0.5, 0.6) is 0 Å². The molecule has 2 heterocycles. The highest BCUT2D eigenvalue weighted by Gasteiger charge is 2.35. The summed E-state index contributed by atoms with van der Waals surface area (Å²) >= 11 is 0. The Morgan fingerprint density at radius 1 is 0.714 bits per heavy atom. The Morgan fingerprint density at radius 3 is 1.32 bits per heavy atom. The van der Waals surface area contributed by atoms with Gasteiger partial charge < -0.3 is 0 Å². The third-order valence-electron chi connectivity index (χ3n) is 6.80. The lowest BCUT2D eigenvalue weighted by Gasteiger charge is -2.34. The summed E-state index contributed by atoms with van der Waals surface area (Å²) in [5.74, 6) is 0. The predicted molar refractivity (Wildman–Crippen MR) is 115 cm³/mol. The fourth-order valence-electron chi connectivity index (χ4n) is 3.84. The summed E-state index contributed by atoms with van der Waals surface area (Å²) in [6, 6.07) is 9.71. The number of benzene rings is 1. The van der Waals surface area contributed by atoms with E-state index in [4.69, 9.17) is 9.68 Å². The molecule has 2 fully saturated rings. The standard InChI is InChI=1S/C24H40N2O2/c1-17(23(3,4)5)25-15-13-21(27-25)19-9-11-20(12-10-19)22-14-16-26(28-22)18(2)24(6,7)8/h9-12,17-18,21-22H,13-16H2,1-8H3. The van der Waals surface area contributed by atoms with Crippen molar-refractivity contribution in [3.63, 3.8) is 0 Å². The molecule has 2 aliphatic rings. The van der Waals surface area contributed by atoms with Gasteiger partial charge in [0.15, 0.2) is 0 Å². The van der Waals surface area contributed by atoms with E-state index >= 15 is 0 Å². The van der Waals surface area contributed by atoms with Gasteiger partial charge in [-0.05, 0) is 48.6 Å². The molecule has 3 rings (SSSR count). The molecule has 0 aromatic heterocycles. The molecule has 28 heavy (non-hydrogen) atoms. The minimum absolute atomic E-state index is 0.167. The summed E-state index contributed by atoms with van der Waals surface area (Å²) in [7, 11) is 0. The largest absolute Gasteiger partial charge is 0.291 e. The van der Waals surface area contributed by atoms with Gasteiger partial charge in [0.05, 0.1) is 0 Å². The van der Waals surface area contributed by atoms with Crippen LogP contribution < -0.4 is 0 Å². The molecule has 4 heteroatoms. The van der Waals surface area contributed by atoms with Gasteiger partial charge >= 0.3 is 0 Å².